The SMILES string of the molecule is COC(=O)c1sc(N)c(C(=O)OC)c1COC(=O)c1cc(-c2ccccc2)n[nH]1. The van der Waals surface area contributed by atoms with Crippen molar-refractivity contribution in [3.05, 3.63) is 58.1 Å². The molecule has 9 nitrogen and oxygen atoms in total. The fourth-order valence-electron chi connectivity index (χ4n) is 2.60. The highest BCUT2D eigenvalue weighted by molar-refractivity contribution is 7.18. The molecule has 0 unspecified atom stereocenters. The summed E-state index contributed by atoms with van der Waals surface area (Å²) in [5.74, 6) is -2.15. The Morgan fingerprint density at radius 1 is 1.07 bits per heavy atom. The zero-order valence-electron chi connectivity index (χ0n) is 15.6. The molecule has 0 saturated carbocycles. The lowest BCUT2D eigenvalue weighted by Crippen LogP contribution is -2.13. The maximum Gasteiger partial charge on any atom is 0.356 e. The van der Waals surface area contributed by atoms with Crippen LogP contribution in [0.3, 0.4) is 0 Å². The van der Waals surface area contributed by atoms with E-state index >= 15 is 0 Å². The van der Waals surface area contributed by atoms with Crippen molar-refractivity contribution in [2.75, 3.05) is 20.0 Å². The number of H-pyrrole nitrogens is 1. The fraction of sp³-hybridized carbons (Fsp3) is 0.158. The zero-order chi connectivity index (χ0) is 21.0. The van der Waals surface area contributed by atoms with Gasteiger partial charge in [0.1, 0.15) is 27.7 Å². The number of carbonyl (C=O) groups excluding carboxylic acids is 3. The number of aromatic nitrogens is 2. The maximum atomic E-state index is 12.4. The van der Waals surface area contributed by atoms with Gasteiger partial charge in [0.15, 0.2) is 0 Å². The van der Waals surface area contributed by atoms with E-state index in [0.717, 1.165) is 16.9 Å². The minimum absolute atomic E-state index is 0.0275. The predicted octanol–water partition coefficient (Wildman–Crippen LogP) is 2.65. The normalized spacial score (nSPS) is 10.4. The molecule has 0 aliphatic carbocycles. The van der Waals surface area contributed by atoms with Crippen molar-refractivity contribution in [3.63, 3.8) is 0 Å². The van der Waals surface area contributed by atoms with Gasteiger partial charge in [0, 0.05) is 11.1 Å². The highest BCUT2D eigenvalue weighted by Gasteiger charge is 2.28. The Labute approximate surface area is 169 Å². The molecule has 1 aromatic carbocycles. The van der Waals surface area contributed by atoms with Gasteiger partial charge < -0.3 is 19.9 Å². The third kappa shape index (κ3) is 4.11. The standard InChI is InChI=1S/C19H17N3O6S/c1-26-18(24)14-11(15(19(25)27-2)29-16(14)20)9-28-17(23)13-8-12(21-22-13)10-6-4-3-5-7-10/h3-8H,9,20H2,1-2H3,(H,21,22). The summed E-state index contributed by atoms with van der Waals surface area (Å²) in [5.41, 5.74) is 7.47. The number of thiophene rings is 1. The predicted molar refractivity (Wildman–Crippen MR) is 105 cm³/mol. The van der Waals surface area contributed by atoms with Crippen LogP contribution in [0.4, 0.5) is 5.00 Å². The Bertz CT molecular complexity index is 1060. The van der Waals surface area contributed by atoms with E-state index in [-0.39, 0.29) is 33.3 Å². The Balaban J connectivity index is 1.82. The van der Waals surface area contributed by atoms with Crippen LogP contribution in [0.15, 0.2) is 36.4 Å². The minimum atomic E-state index is -0.743. The summed E-state index contributed by atoms with van der Waals surface area (Å²) in [6.45, 7) is -0.374. The summed E-state index contributed by atoms with van der Waals surface area (Å²) < 4.78 is 14.7. The number of methoxy groups -OCH3 is 2. The fourth-order valence-corrected chi connectivity index (χ4v) is 3.58. The number of aromatic amines is 1. The van der Waals surface area contributed by atoms with E-state index in [2.05, 4.69) is 10.2 Å². The van der Waals surface area contributed by atoms with Crippen molar-refractivity contribution in [2.45, 2.75) is 6.61 Å². The number of hydrogen-bond donors (Lipinski definition) is 2. The van der Waals surface area contributed by atoms with E-state index in [1.165, 1.54) is 14.2 Å². The molecule has 0 saturated heterocycles. The second kappa shape index (κ2) is 8.57. The molecule has 0 aliphatic heterocycles. The van der Waals surface area contributed by atoms with Gasteiger partial charge in [-0.15, -0.1) is 11.3 Å². The van der Waals surface area contributed by atoms with Gasteiger partial charge in [-0.3, -0.25) is 5.10 Å². The number of rotatable bonds is 6. The second-order valence-electron chi connectivity index (χ2n) is 5.74. The molecule has 29 heavy (non-hydrogen) atoms. The molecular weight excluding hydrogens is 398 g/mol. The molecular formula is C19H17N3O6S. The molecule has 2 aromatic heterocycles. The van der Waals surface area contributed by atoms with E-state index in [4.69, 9.17) is 19.9 Å². The molecule has 150 valence electrons. The van der Waals surface area contributed by atoms with E-state index in [1.54, 1.807) is 6.07 Å². The summed E-state index contributed by atoms with van der Waals surface area (Å²) >= 11 is 0.857. The molecule has 0 fully saturated rings. The van der Waals surface area contributed by atoms with Crippen molar-refractivity contribution in [1.29, 1.82) is 0 Å². The topological polar surface area (TPSA) is 134 Å². The summed E-state index contributed by atoms with van der Waals surface area (Å²) in [7, 11) is 2.38. The summed E-state index contributed by atoms with van der Waals surface area (Å²) in [6, 6.07) is 10.8. The molecule has 10 heteroatoms. The van der Waals surface area contributed by atoms with Crippen molar-refractivity contribution in [3.8, 4) is 11.3 Å². The lowest BCUT2D eigenvalue weighted by molar-refractivity contribution is 0.0446. The lowest BCUT2D eigenvalue weighted by Gasteiger charge is -2.07. The molecule has 0 radical (unpaired) electrons. The third-order valence-electron chi connectivity index (χ3n) is 4.01. The van der Waals surface area contributed by atoms with Crippen LogP contribution in [0.2, 0.25) is 0 Å². The molecule has 0 atom stereocenters. The first-order chi connectivity index (χ1) is 14.0. The molecule has 0 aliphatic rings. The lowest BCUT2D eigenvalue weighted by atomic mass is 10.1. The monoisotopic (exact) mass is 415 g/mol. The molecule has 3 N–H and O–H groups in total. The molecule has 0 spiro atoms. The number of nitrogens with one attached hydrogen (secondary N) is 1. The minimum Gasteiger partial charge on any atom is -0.465 e. The number of nitrogens with two attached hydrogens (primary N) is 1. The number of benzene rings is 1. The third-order valence-corrected chi connectivity index (χ3v) is 5.05. The van der Waals surface area contributed by atoms with Gasteiger partial charge >= 0.3 is 17.9 Å². The van der Waals surface area contributed by atoms with Gasteiger partial charge in [0.05, 0.1) is 19.9 Å². The van der Waals surface area contributed by atoms with Gasteiger partial charge in [-0.05, 0) is 6.07 Å². The van der Waals surface area contributed by atoms with Crippen molar-refractivity contribution < 1.29 is 28.6 Å². The molecule has 0 amide bonds. The largest absolute Gasteiger partial charge is 0.465 e. The Morgan fingerprint density at radius 3 is 2.41 bits per heavy atom. The number of nitrogen functional groups attached to an aromatic ring is 1. The van der Waals surface area contributed by atoms with Crippen LogP contribution < -0.4 is 5.73 Å². The van der Waals surface area contributed by atoms with Crippen LogP contribution in [0.25, 0.3) is 11.3 Å². The number of carbonyl (C=O) groups is 3. The van der Waals surface area contributed by atoms with Crippen LogP contribution in [0.1, 0.15) is 36.1 Å². The highest BCUT2D eigenvalue weighted by atomic mass is 32.1. The molecule has 0 bridgehead atoms. The summed E-state index contributed by atoms with van der Waals surface area (Å²) in [4.78, 5) is 36.5. The van der Waals surface area contributed by atoms with Crippen LogP contribution >= 0.6 is 11.3 Å². The first kappa shape index (κ1) is 20.1. The van der Waals surface area contributed by atoms with Gasteiger partial charge in [0.25, 0.3) is 0 Å². The molecule has 3 aromatic rings. The Kier molecular flexibility index (Phi) is 5.93. The Morgan fingerprint density at radius 2 is 1.76 bits per heavy atom. The van der Waals surface area contributed by atoms with Crippen molar-refractivity contribution in [1.82, 2.24) is 10.2 Å². The van der Waals surface area contributed by atoms with Gasteiger partial charge in [-0.2, -0.15) is 5.10 Å². The number of ether oxygens (including phenoxy) is 3. The average Bonchev–Trinajstić information content (AvgIpc) is 3.36. The number of anilines is 1. The van der Waals surface area contributed by atoms with Crippen LogP contribution in [0.5, 0.6) is 0 Å². The van der Waals surface area contributed by atoms with Gasteiger partial charge in [-0.25, -0.2) is 14.4 Å². The van der Waals surface area contributed by atoms with Crippen LogP contribution in [-0.2, 0) is 20.8 Å². The van der Waals surface area contributed by atoms with E-state index in [9.17, 15) is 14.4 Å². The summed E-state index contributed by atoms with van der Waals surface area (Å²) in [6.07, 6.45) is 0. The second-order valence-corrected chi connectivity index (χ2v) is 6.79. The van der Waals surface area contributed by atoms with Crippen molar-refractivity contribution in [2.24, 2.45) is 0 Å². The first-order valence-corrected chi connectivity index (χ1v) is 9.13. The molecule has 2 heterocycles. The van der Waals surface area contributed by atoms with E-state index < -0.39 is 17.9 Å². The Hall–Kier alpha value is -3.66. The van der Waals surface area contributed by atoms with Crippen LogP contribution in [0, 0.1) is 0 Å². The first-order valence-electron chi connectivity index (χ1n) is 8.32. The summed E-state index contributed by atoms with van der Waals surface area (Å²) in [5, 5.41) is 6.77. The zero-order valence-corrected chi connectivity index (χ0v) is 16.4. The number of hydrogen-bond acceptors (Lipinski definition) is 9. The average molecular weight is 415 g/mol. The van der Waals surface area contributed by atoms with E-state index in [1.807, 2.05) is 30.3 Å². The maximum absolute atomic E-state index is 12.4. The van der Waals surface area contributed by atoms with Gasteiger partial charge in [-0.1, -0.05) is 30.3 Å². The van der Waals surface area contributed by atoms with Crippen LogP contribution in [-0.4, -0.2) is 42.3 Å². The molecule has 3 rings (SSSR count). The highest BCUT2D eigenvalue weighted by Crippen LogP contribution is 2.33. The number of esters is 3. The van der Waals surface area contributed by atoms with Crippen molar-refractivity contribution >= 4 is 34.2 Å². The quantitative estimate of drug-likeness (QED) is 0.464. The number of nitrogens with zero attached hydrogens (tertiary/aromatic N) is 1. The smallest absolute Gasteiger partial charge is 0.356 e. The van der Waals surface area contributed by atoms with Gasteiger partial charge in [0.2, 0.25) is 0 Å². The van der Waals surface area contributed by atoms with E-state index in [0.29, 0.717) is 5.69 Å².